The highest BCUT2D eigenvalue weighted by Crippen LogP contribution is 2.33. The van der Waals surface area contributed by atoms with Crippen LogP contribution in [-0.2, 0) is 20.8 Å². The number of hydrogen-bond donors (Lipinski definition) is 1. The van der Waals surface area contributed by atoms with Gasteiger partial charge in [-0.3, -0.25) is 4.90 Å². The molecule has 0 saturated carbocycles. The molecule has 8 heteroatoms. The molecule has 2 atom stereocenters. The number of aliphatic hydroxyl groups is 1. The minimum Gasteiger partial charge on any atom is -0.389 e. The number of benzene rings is 1. The zero-order chi connectivity index (χ0) is 23.8. The number of anilines is 1. The van der Waals surface area contributed by atoms with E-state index in [-0.39, 0.29) is 6.10 Å². The third-order valence-corrected chi connectivity index (χ3v) is 6.21. The Morgan fingerprint density at radius 3 is 2.65 bits per heavy atom. The first-order valence-corrected chi connectivity index (χ1v) is 12.6. The molecule has 1 aromatic carbocycles. The lowest BCUT2D eigenvalue weighted by molar-refractivity contribution is -0.00389. The molecule has 2 aliphatic heterocycles. The number of rotatable bonds is 12. The van der Waals surface area contributed by atoms with Crippen molar-refractivity contribution < 1.29 is 23.8 Å². The second-order valence-corrected chi connectivity index (χ2v) is 9.69. The zero-order valence-corrected chi connectivity index (χ0v) is 20.5. The first-order valence-electron chi connectivity index (χ1n) is 12.6. The van der Waals surface area contributed by atoms with Gasteiger partial charge in [0.25, 0.3) is 0 Å². The van der Waals surface area contributed by atoms with E-state index < -0.39 is 6.10 Å². The van der Waals surface area contributed by atoms with Crippen molar-refractivity contribution >= 4 is 5.88 Å². The Morgan fingerprint density at radius 2 is 1.94 bits per heavy atom. The Hall–Kier alpha value is -1.97. The van der Waals surface area contributed by atoms with Gasteiger partial charge in [-0.2, -0.15) is 0 Å². The van der Waals surface area contributed by atoms with E-state index >= 15 is 0 Å². The zero-order valence-electron chi connectivity index (χ0n) is 20.5. The van der Waals surface area contributed by atoms with Crippen LogP contribution < -0.4 is 4.90 Å². The van der Waals surface area contributed by atoms with Crippen LogP contribution in [0.4, 0.5) is 5.88 Å². The van der Waals surface area contributed by atoms with E-state index in [9.17, 15) is 5.11 Å². The Kier molecular flexibility index (Phi) is 9.35. The van der Waals surface area contributed by atoms with Gasteiger partial charge in [0.2, 0.25) is 5.88 Å². The van der Waals surface area contributed by atoms with Gasteiger partial charge in [-0.25, -0.2) is 0 Å². The molecule has 1 N–H and O–H groups in total. The molecule has 0 amide bonds. The van der Waals surface area contributed by atoms with E-state index in [1.54, 1.807) is 0 Å². The van der Waals surface area contributed by atoms with Crippen LogP contribution >= 0.6 is 0 Å². The summed E-state index contributed by atoms with van der Waals surface area (Å²) in [7, 11) is 0. The molecule has 8 nitrogen and oxygen atoms in total. The molecule has 2 fully saturated rings. The molecule has 0 bridgehead atoms. The molecular weight excluding hydrogens is 434 g/mol. The monoisotopic (exact) mass is 473 g/mol. The topological polar surface area (TPSA) is 80.4 Å². The van der Waals surface area contributed by atoms with Gasteiger partial charge in [0.15, 0.2) is 0 Å². The Morgan fingerprint density at radius 1 is 1.15 bits per heavy atom. The standard InChI is InChI=1S/C26H39N3O5/c1-20(2)18-32-19-22(30)15-28(16-23-9-6-12-33-23)17-24-25(21-7-4-3-5-8-21)27-34-26(24)29-10-13-31-14-11-29/h3-5,7-8,20,22-23,30H,6,9-19H2,1-2H3/t22-,23+/m0/s1. The van der Waals surface area contributed by atoms with Crippen molar-refractivity contribution in [3.63, 3.8) is 0 Å². The summed E-state index contributed by atoms with van der Waals surface area (Å²) >= 11 is 0. The molecule has 188 valence electrons. The van der Waals surface area contributed by atoms with Crippen molar-refractivity contribution in [3.8, 4) is 11.3 Å². The van der Waals surface area contributed by atoms with Crippen LogP contribution in [0, 0.1) is 5.92 Å². The summed E-state index contributed by atoms with van der Waals surface area (Å²) < 4.78 is 23.1. The average molecular weight is 474 g/mol. The second kappa shape index (κ2) is 12.7. The van der Waals surface area contributed by atoms with E-state index in [1.165, 1.54) is 0 Å². The van der Waals surface area contributed by atoms with Crippen LogP contribution in [0.1, 0.15) is 32.3 Å². The van der Waals surface area contributed by atoms with E-state index in [1.807, 2.05) is 18.2 Å². The second-order valence-electron chi connectivity index (χ2n) is 9.69. The maximum Gasteiger partial charge on any atom is 0.232 e. The number of morpholine rings is 1. The summed E-state index contributed by atoms with van der Waals surface area (Å²) in [5, 5.41) is 15.3. The number of hydrogen-bond acceptors (Lipinski definition) is 8. The van der Waals surface area contributed by atoms with Gasteiger partial charge in [0.05, 0.1) is 37.6 Å². The van der Waals surface area contributed by atoms with Crippen molar-refractivity contribution in [2.75, 3.05) is 64.1 Å². The molecular formula is C26H39N3O5. The summed E-state index contributed by atoms with van der Waals surface area (Å²) in [6, 6.07) is 10.2. The fourth-order valence-corrected chi connectivity index (χ4v) is 4.57. The summed E-state index contributed by atoms with van der Waals surface area (Å²) in [6.45, 7) is 10.8. The van der Waals surface area contributed by atoms with Crippen LogP contribution in [0.5, 0.6) is 0 Å². The van der Waals surface area contributed by atoms with Crippen LogP contribution in [0.15, 0.2) is 34.9 Å². The highest BCUT2D eigenvalue weighted by Gasteiger charge is 2.28. The van der Waals surface area contributed by atoms with Gasteiger partial charge < -0.3 is 28.7 Å². The molecule has 0 spiro atoms. The van der Waals surface area contributed by atoms with Crippen molar-refractivity contribution in [1.29, 1.82) is 0 Å². The van der Waals surface area contributed by atoms with E-state index in [4.69, 9.17) is 18.7 Å². The first kappa shape index (κ1) is 25.1. The fraction of sp³-hybridized carbons (Fsp3) is 0.654. The van der Waals surface area contributed by atoms with Gasteiger partial charge in [-0.15, -0.1) is 0 Å². The minimum atomic E-state index is -0.577. The Balaban J connectivity index is 1.55. The van der Waals surface area contributed by atoms with Gasteiger partial charge >= 0.3 is 0 Å². The van der Waals surface area contributed by atoms with Crippen molar-refractivity contribution in [2.45, 2.75) is 45.4 Å². The van der Waals surface area contributed by atoms with E-state index in [0.29, 0.717) is 45.4 Å². The summed E-state index contributed by atoms with van der Waals surface area (Å²) in [6.07, 6.45) is 1.73. The van der Waals surface area contributed by atoms with Crippen molar-refractivity contribution in [3.05, 3.63) is 35.9 Å². The summed E-state index contributed by atoms with van der Waals surface area (Å²) in [5.41, 5.74) is 2.92. The highest BCUT2D eigenvalue weighted by atomic mass is 16.5. The molecule has 2 saturated heterocycles. The van der Waals surface area contributed by atoms with Crippen LogP contribution in [0.2, 0.25) is 0 Å². The lowest BCUT2D eigenvalue weighted by atomic mass is 10.1. The number of aromatic nitrogens is 1. The summed E-state index contributed by atoms with van der Waals surface area (Å²) in [4.78, 5) is 4.48. The van der Waals surface area contributed by atoms with Crippen molar-refractivity contribution in [1.82, 2.24) is 10.1 Å². The fourth-order valence-electron chi connectivity index (χ4n) is 4.57. The quantitative estimate of drug-likeness (QED) is 0.504. The lowest BCUT2D eigenvalue weighted by Crippen LogP contribution is -2.40. The van der Waals surface area contributed by atoms with Crippen LogP contribution in [0.25, 0.3) is 11.3 Å². The molecule has 2 aliphatic rings. The van der Waals surface area contributed by atoms with Gasteiger partial charge in [-0.1, -0.05) is 49.3 Å². The van der Waals surface area contributed by atoms with Gasteiger partial charge in [0, 0.05) is 51.5 Å². The predicted molar refractivity (Wildman–Crippen MR) is 131 cm³/mol. The molecule has 4 rings (SSSR count). The normalized spacial score (nSPS) is 19.9. The maximum atomic E-state index is 10.8. The van der Waals surface area contributed by atoms with Gasteiger partial charge in [0.1, 0.15) is 5.69 Å². The summed E-state index contributed by atoms with van der Waals surface area (Å²) in [5.74, 6) is 1.24. The Bertz CT molecular complexity index is 847. The maximum absolute atomic E-state index is 10.8. The largest absolute Gasteiger partial charge is 0.389 e. The Labute approximate surface area is 202 Å². The molecule has 0 radical (unpaired) electrons. The van der Waals surface area contributed by atoms with E-state index in [2.05, 4.69) is 40.9 Å². The molecule has 3 heterocycles. The number of ether oxygens (including phenoxy) is 3. The number of nitrogens with zero attached hydrogens (tertiary/aromatic N) is 3. The average Bonchev–Trinajstić information content (AvgIpc) is 3.50. The van der Waals surface area contributed by atoms with Crippen LogP contribution in [-0.4, -0.2) is 86.6 Å². The molecule has 34 heavy (non-hydrogen) atoms. The van der Waals surface area contributed by atoms with E-state index in [0.717, 1.165) is 61.8 Å². The SMILES string of the molecule is CC(C)COC[C@@H](O)CN(Cc1c(-c2ccccc2)noc1N1CCOCC1)C[C@H]1CCCO1. The molecule has 2 aromatic rings. The predicted octanol–water partition coefficient (Wildman–Crippen LogP) is 3.19. The van der Waals surface area contributed by atoms with Crippen molar-refractivity contribution in [2.24, 2.45) is 5.92 Å². The van der Waals surface area contributed by atoms with Crippen LogP contribution in [0.3, 0.4) is 0 Å². The molecule has 1 aromatic heterocycles. The number of aliphatic hydroxyl groups excluding tert-OH is 1. The highest BCUT2D eigenvalue weighted by molar-refractivity contribution is 5.68. The third kappa shape index (κ3) is 7.02. The first-order chi connectivity index (χ1) is 16.6. The lowest BCUT2D eigenvalue weighted by Gasteiger charge is -2.30. The molecule has 0 aliphatic carbocycles. The molecule has 0 unspecified atom stereocenters. The third-order valence-electron chi connectivity index (χ3n) is 6.21. The van der Waals surface area contributed by atoms with Gasteiger partial charge in [-0.05, 0) is 18.8 Å². The minimum absolute atomic E-state index is 0.177. The smallest absolute Gasteiger partial charge is 0.232 e.